The summed E-state index contributed by atoms with van der Waals surface area (Å²) in [5.74, 6) is -0.0926. The first-order valence-electron chi connectivity index (χ1n) is 8.99. The molecule has 0 atom stereocenters. The van der Waals surface area contributed by atoms with Gasteiger partial charge in [0.05, 0.1) is 18.0 Å². The number of rotatable bonds is 5. The Morgan fingerprint density at radius 1 is 1.11 bits per heavy atom. The van der Waals surface area contributed by atoms with Crippen molar-refractivity contribution in [2.24, 2.45) is 0 Å². The van der Waals surface area contributed by atoms with Gasteiger partial charge in [-0.05, 0) is 29.7 Å². The fourth-order valence-corrected chi connectivity index (χ4v) is 4.42. The monoisotopic (exact) mass is 387 g/mol. The van der Waals surface area contributed by atoms with E-state index in [2.05, 4.69) is 43.7 Å². The highest BCUT2D eigenvalue weighted by molar-refractivity contribution is 7.22. The van der Waals surface area contributed by atoms with Gasteiger partial charge in [-0.1, -0.05) is 18.2 Å². The van der Waals surface area contributed by atoms with E-state index >= 15 is 0 Å². The lowest BCUT2D eigenvalue weighted by molar-refractivity contribution is 0.0954. The Morgan fingerprint density at radius 3 is 2.89 bits per heavy atom. The van der Waals surface area contributed by atoms with Crippen molar-refractivity contribution in [2.45, 2.75) is 6.42 Å². The van der Waals surface area contributed by atoms with Crippen molar-refractivity contribution in [1.29, 1.82) is 0 Å². The maximum absolute atomic E-state index is 12.7. The zero-order chi connectivity index (χ0) is 18.9. The fraction of sp³-hybridized carbons (Fsp3) is 0.0952. The number of benzene rings is 2. The fourth-order valence-electron chi connectivity index (χ4n) is 3.33. The Balaban J connectivity index is 1.47. The van der Waals surface area contributed by atoms with Gasteiger partial charge >= 0.3 is 0 Å². The van der Waals surface area contributed by atoms with E-state index in [1.54, 1.807) is 30.1 Å². The van der Waals surface area contributed by atoms with Crippen LogP contribution in [0.2, 0.25) is 0 Å². The predicted octanol–water partition coefficient (Wildman–Crippen LogP) is 4.14. The number of nitrogens with one attached hydrogen (secondary N) is 3. The third-order valence-corrected chi connectivity index (χ3v) is 5.89. The highest BCUT2D eigenvalue weighted by atomic mass is 32.1. The molecule has 0 radical (unpaired) electrons. The zero-order valence-corrected chi connectivity index (χ0v) is 15.7. The molecule has 0 saturated heterocycles. The second kappa shape index (κ2) is 6.94. The van der Waals surface area contributed by atoms with E-state index in [9.17, 15) is 4.79 Å². The van der Waals surface area contributed by atoms with Gasteiger partial charge in [0.15, 0.2) is 0 Å². The summed E-state index contributed by atoms with van der Waals surface area (Å²) in [6.07, 6.45) is 5.88. The van der Waals surface area contributed by atoms with Crippen molar-refractivity contribution in [3.8, 4) is 10.4 Å². The zero-order valence-electron chi connectivity index (χ0n) is 14.9. The smallest absolute Gasteiger partial charge is 0.251 e. The summed E-state index contributed by atoms with van der Waals surface area (Å²) < 4.78 is 1.22. The summed E-state index contributed by atoms with van der Waals surface area (Å²) in [6, 6.07) is 14.3. The van der Waals surface area contributed by atoms with Gasteiger partial charge < -0.3 is 10.3 Å². The van der Waals surface area contributed by atoms with Crippen molar-refractivity contribution in [2.75, 3.05) is 6.54 Å². The Labute approximate surface area is 164 Å². The van der Waals surface area contributed by atoms with Crippen molar-refractivity contribution < 1.29 is 4.79 Å². The van der Waals surface area contributed by atoms with Gasteiger partial charge in [-0.25, -0.2) is 4.98 Å². The maximum Gasteiger partial charge on any atom is 0.251 e. The lowest BCUT2D eigenvalue weighted by Gasteiger charge is -2.07. The Kier molecular flexibility index (Phi) is 4.14. The topological polar surface area (TPSA) is 86.5 Å². The summed E-state index contributed by atoms with van der Waals surface area (Å²) in [6.45, 7) is 0.544. The Hall–Kier alpha value is -3.45. The molecule has 0 bridgehead atoms. The van der Waals surface area contributed by atoms with E-state index in [-0.39, 0.29) is 5.91 Å². The van der Waals surface area contributed by atoms with Crippen LogP contribution in [0, 0.1) is 0 Å². The number of hydrogen-bond donors (Lipinski definition) is 3. The SMILES string of the molecule is O=C(NCCc1cnc[nH]1)c1cc(-c2cc3ccccc3s2)c2[nH]ncc2c1. The molecule has 1 amide bonds. The summed E-state index contributed by atoms with van der Waals surface area (Å²) in [4.78, 5) is 20.9. The molecule has 0 aliphatic heterocycles. The second-order valence-electron chi connectivity index (χ2n) is 6.59. The number of aromatic nitrogens is 4. The number of carbonyl (C=O) groups is 1. The van der Waals surface area contributed by atoms with Gasteiger partial charge in [-0.2, -0.15) is 5.10 Å². The Morgan fingerprint density at radius 2 is 2.04 bits per heavy atom. The minimum Gasteiger partial charge on any atom is -0.352 e. The standard InChI is InChI=1S/C21H17N5OS/c27-21(23-6-5-16-11-22-12-24-16)14-7-15-10-25-26-20(15)17(8-14)19-9-13-3-1-2-4-18(13)28-19/h1-4,7-12H,5-6H2,(H,22,24)(H,23,27)(H,25,26). The van der Waals surface area contributed by atoms with Crippen LogP contribution < -0.4 is 5.32 Å². The van der Waals surface area contributed by atoms with Gasteiger partial charge in [-0.15, -0.1) is 11.3 Å². The van der Waals surface area contributed by atoms with Crippen molar-refractivity contribution >= 4 is 38.2 Å². The van der Waals surface area contributed by atoms with Crippen LogP contribution in [-0.4, -0.2) is 32.6 Å². The van der Waals surface area contributed by atoms with Gasteiger partial charge in [0.2, 0.25) is 0 Å². The lowest BCUT2D eigenvalue weighted by Crippen LogP contribution is -2.25. The van der Waals surface area contributed by atoms with Crippen molar-refractivity contribution in [3.63, 3.8) is 0 Å². The molecular formula is C21H17N5OS. The molecular weight excluding hydrogens is 370 g/mol. The first kappa shape index (κ1) is 16.7. The van der Waals surface area contributed by atoms with Crippen LogP contribution in [0.25, 0.3) is 31.4 Å². The number of fused-ring (bicyclic) bond motifs is 2. The largest absolute Gasteiger partial charge is 0.352 e. The van der Waals surface area contributed by atoms with Crippen LogP contribution in [0.1, 0.15) is 16.1 Å². The van der Waals surface area contributed by atoms with Gasteiger partial charge in [0.1, 0.15) is 0 Å². The number of aromatic amines is 2. The molecule has 0 spiro atoms. The van der Waals surface area contributed by atoms with Crippen molar-refractivity contribution in [3.05, 3.63) is 72.4 Å². The van der Waals surface area contributed by atoms with E-state index < -0.39 is 0 Å². The minimum atomic E-state index is -0.0926. The Bertz CT molecular complexity index is 1240. The van der Waals surface area contributed by atoms with E-state index in [4.69, 9.17) is 0 Å². The quantitative estimate of drug-likeness (QED) is 0.424. The number of thiophene rings is 1. The predicted molar refractivity (Wildman–Crippen MR) is 112 cm³/mol. The number of H-pyrrole nitrogens is 2. The molecule has 0 aliphatic carbocycles. The molecule has 0 unspecified atom stereocenters. The van der Waals surface area contributed by atoms with Crippen LogP contribution in [-0.2, 0) is 6.42 Å². The minimum absolute atomic E-state index is 0.0926. The average molecular weight is 387 g/mol. The first-order valence-corrected chi connectivity index (χ1v) is 9.81. The summed E-state index contributed by atoms with van der Waals surface area (Å²) in [5.41, 5.74) is 3.57. The van der Waals surface area contributed by atoms with Crippen LogP contribution in [0.15, 0.2) is 61.2 Å². The normalized spacial score (nSPS) is 11.3. The van der Waals surface area contributed by atoms with Crippen LogP contribution in [0.3, 0.4) is 0 Å². The molecule has 3 N–H and O–H groups in total. The summed E-state index contributed by atoms with van der Waals surface area (Å²) in [7, 11) is 0. The summed E-state index contributed by atoms with van der Waals surface area (Å²) in [5, 5.41) is 12.4. The van der Waals surface area contributed by atoms with Gasteiger partial charge in [0, 0.05) is 50.9 Å². The number of amides is 1. The van der Waals surface area contributed by atoms with E-state index in [1.165, 1.54) is 10.1 Å². The molecule has 5 rings (SSSR count). The molecule has 138 valence electrons. The van der Waals surface area contributed by atoms with Gasteiger partial charge in [-0.3, -0.25) is 9.89 Å². The molecule has 3 aromatic heterocycles. The number of nitrogens with zero attached hydrogens (tertiary/aromatic N) is 2. The molecule has 6 nitrogen and oxygen atoms in total. The molecule has 5 aromatic rings. The van der Waals surface area contributed by atoms with E-state index in [1.807, 2.05) is 24.3 Å². The summed E-state index contributed by atoms with van der Waals surface area (Å²) >= 11 is 1.71. The van der Waals surface area contributed by atoms with Crippen molar-refractivity contribution in [1.82, 2.24) is 25.5 Å². The molecule has 28 heavy (non-hydrogen) atoms. The second-order valence-corrected chi connectivity index (χ2v) is 7.67. The third kappa shape index (κ3) is 3.05. The molecule has 7 heteroatoms. The van der Waals surface area contributed by atoms with Crippen LogP contribution in [0.4, 0.5) is 0 Å². The van der Waals surface area contributed by atoms with Crippen LogP contribution in [0.5, 0.6) is 0 Å². The molecule has 0 fully saturated rings. The molecule has 2 aromatic carbocycles. The number of hydrogen-bond acceptors (Lipinski definition) is 4. The molecule has 0 saturated carbocycles. The maximum atomic E-state index is 12.7. The highest BCUT2D eigenvalue weighted by Gasteiger charge is 2.14. The molecule has 0 aliphatic rings. The van der Waals surface area contributed by atoms with Crippen LogP contribution >= 0.6 is 11.3 Å². The number of imidazole rings is 1. The van der Waals surface area contributed by atoms with Gasteiger partial charge in [0.25, 0.3) is 5.91 Å². The third-order valence-electron chi connectivity index (χ3n) is 4.74. The molecule has 3 heterocycles. The lowest BCUT2D eigenvalue weighted by atomic mass is 10.0. The first-order chi connectivity index (χ1) is 13.8. The average Bonchev–Trinajstić information content (AvgIpc) is 3.46. The highest BCUT2D eigenvalue weighted by Crippen LogP contribution is 2.37. The van der Waals surface area contributed by atoms with E-state index in [0.717, 1.165) is 27.0 Å². The van der Waals surface area contributed by atoms with E-state index in [0.29, 0.717) is 18.5 Å². The number of carbonyl (C=O) groups excluding carboxylic acids is 1.